The van der Waals surface area contributed by atoms with Gasteiger partial charge in [-0.1, -0.05) is 6.07 Å². The standard InChI is InChI=1S/C24H27N3O6S/c28-23-5-1-3-17-12-19(7-8-20(17)26-23)34(30,31)27-10-2-4-18(14-27)24(29)25-13-16-6-9-21-22(11-16)33-15-32-21/h6-9,11-12,18H,1-5,10,13-15H2,(H,25,29)(H,26,28). The van der Waals surface area contributed by atoms with Crippen LogP contribution in [0.3, 0.4) is 0 Å². The number of rotatable bonds is 5. The fraction of sp³-hybridized carbons (Fsp3) is 0.417. The van der Waals surface area contributed by atoms with E-state index >= 15 is 0 Å². The summed E-state index contributed by atoms with van der Waals surface area (Å²) in [7, 11) is -3.75. The Labute approximate surface area is 198 Å². The highest BCUT2D eigenvalue weighted by Crippen LogP contribution is 2.33. The first kappa shape index (κ1) is 22.7. The minimum Gasteiger partial charge on any atom is -0.454 e. The Kier molecular flexibility index (Phi) is 6.18. The average molecular weight is 486 g/mol. The number of nitrogens with zero attached hydrogens (tertiary/aromatic N) is 1. The molecule has 3 aliphatic rings. The Morgan fingerprint density at radius 2 is 1.94 bits per heavy atom. The molecule has 3 aliphatic heterocycles. The van der Waals surface area contributed by atoms with Crippen molar-refractivity contribution in [2.75, 3.05) is 25.2 Å². The van der Waals surface area contributed by atoms with E-state index in [9.17, 15) is 18.0 Å². The summed E-state index contributed by atoms with van der Waals surface area (Å²) in [6.07, 6.45) is 2.99. The van der Waals surface area contributed by atoms with Gasteiger partial charge in [-0.3, -0.25) is 9.59 Å². The second kappa shape index (κ2) is 9.27. The molecule has 2 N–H and O–H groups in total. The van der Waals surface area contributed by atoms with Crippen LogP contribution in [-0.2, 0) is 32.6 Å². The maximum Gasteiger partial charge on any atom is 0.243 e. The first-order valence-corrected chi connectivity index (χ1v) is 12.9. The number of fused-ring (bicyclic) bond motifs is 2. The number of nitrogens with one attached hydrogen (secondary N) is 2. The quantitative estimate of drug-likeness (QED) is 0.672. The molecule has 1 fully saturated rings. The molecular weight excluding hydrogens is 458 g/mol. The summed E-state index contributed by atoms with van der Waals surface area (Å²) < 4.78 is 38.8. The number of anilines is 1. The first-order valence-electron chi connectivity index (χ1n) is 11.5. The smallest absolute Gasteiger partial charge is 0.243 e. The van der Waals surface area contributed by atoms with Crippen molar-refractivity contribution in [2.45, 2.75) is 43.5 Å². The number of piperidine rings is 1. The van der Waals surface area contributed by atoms with Crippen molar-refractivity contribution in [3.8, 4) is 11.5 Å². The number of carbonyl (C=O) groups excluding carboxylic acids is 2. The molecule has 0 bridgehead atoms. The predicted octanol–water partition coefficient (Wildman–Crippen LogP) is 2.41. The first-order chi connectivity index (χ1) is 16.4. The Morgan fingerprint density at radius 1 is 1.09 bits per heavy atom. The van der Waals surface area contributed by atoms with Gasteiger partial charge in [-0.15, -0.1) is 0 Å². The number of sulfonamides is 1. The molecule has 0 spiro atoms. The third-order valence-electron chi connectivity index (χ3n) is 6.50. The molecule has 1 unspecified atom stereocenters. The fourth-order valence-electron chi connectivity index (χ4n) is 4.62. The summed E-state index contributed by atoms with van der Waals surface area (Å²) in [4.78, 5) is 24.8. The van der Waals surface area contributed by atoms with E-state index < -0.39 is 15.9 Å². The van der Waals surface area contributed by atoms with Crippen LogP contribution >= 0.6 is 0 Å². The molecule has 0 aromatic heterocycles. The molecule has 3 heterocycles. The van der Waals surface area contributed by atoms with E-state index in [-0.39, 0.29) is 30.0 Å². The van der Waals surface area contributed by atoms with Crippen molar-refractivity contribution in [3.05, 3.63) is 47.5 Å². The van der Waals surface area contributed by atoms with E-state index in [1.54, 1.807) is 12.1 Å². The SMILES string of the molecule is O=C1CCCc2cc(S(=O)(=O)N3CCCC(C(=O)NCc4ccc5c(c4)OCO5)C3)ccc2N1. The summed E-state index contributed by atoms with van der Waals surface area (Å²) in [5.41, 5.74) is 2.37. The van der Waals surface area contributed by atoms with Crippen LogP contribution in [0.2, 0.25) is 0 Å². The molecule has 10 heteroatoms. The number of benzene rings is 2. The van der Waals surface area contributed by atoms with Crippen molar-refractivity contribution < 1.29 is 27.5 Å². The van der Waals surface area contributed by atoms with Crippen molar-refractivity contribution in [2.24, 2.45) is 5.92 Å². The zero-order chi connectivity index (χ0) is 23.7. The molecule has 1 saturated heterocycles. The van der Waals surface area contributed by atoms with Gasteiger partial charge >= 0.3 is 0 Å². The van der Waals surface area contributed by atoms with E-state index in [1.165, 1.54) is 10.4 Å². The highest BCUT2D eigenvalue weighted by atomic mass is 32.2. The van der Waals surface area contributed by atoms with Gasteiger partial charge in [0.05, 0.1) is 10.8 Å². The number of amides is 2. The lowest BCUT2D eigenvalue weighted by molar-refractivity contribution is -0.126. The zero-order valence-electron chi connectivity index (χ0n) is 18.7. The van der Waals surface area contributed by atoms with E-state index in [0.717, 1.165) is 11.1 Å². The molecule has 34 heavy (non-hydrogen) atoms. The molecule has 0 saturated carbocycles. The molecule has 9 nitrogen and oxygen atoms in total. The van der Waals surface area contributed by atoms with Crippen LogP contribution in [0.5, 0.6) is 11.5 Å². The van der Waals surface area contributed by atoms with Crippen molar-refractivity contribution in [1.29, 1.82) is 0 Å². The van der Waals surface area contributed by atoms with Crippen LogP contribution in [0.4, 0.5) is 5.69 Å². The summed E-state index contributed by atoms with van der Waals surface area (Å²) in [6, 6.07) is 10.4. The Morgan fingerprint density at radius 3 is 2.82 bits per heavy atom. The lowest BCUT2D eigenvalue weighted by atomic mass is 9.98. The van der Waals surface area contributed by atoms with Crippen LogP contribution in [0.25, 0.3) is 0 Å². The minimum atomic E-state index is -3.75. The Balaban J connectivity index is 1.25. The summed E-state index contributed by atoms with van der Waals surface area (Å²) in [5, 5.41) is 5.76. The van der Waals surface area contributed by atoms with E-state index in [4.69, 9.17) is 9.47 Å². The zero-order valence-corrected chi connectivity index (χ0v) is 19.5. The maximum absolute atomic E-state index is 13.4. The number of hydrogen-bond donors (Lipinski definition) is 2. The van der Waals surface area contributed by atoms with Gasteiger partial charge in [0.25, 0.3) is 0 Å². The normalized spacial score (nSPS) is 20.2. The lowest BCUT2D eigenvalue weighted by Crippen LogP contribution is -2.45. The van der Waals surface area contributed by atoms with Crippen molar-refractivity contribution >= 4 is 27.5 Å². The summed E-state index contributed by atoms with van der Waals surface area (Å²) in [6.45, 7) is 1.04. The molecular formula is C24H27N3O6S. The van der Waals surface area contributed by atoms with Gasteiger partial charge in [-0.25, -0.2) is 8.42 Å². The van der Waals surface area contributed by atoms with Gasteiger partial charge in [0.2, 0.25) is 28.6 Å². The summed E-state index contributed by atoms with van der Waals surface area (Å²) >= 11 is 0. The van der Waals surface area contributed by atoms with Crippen LogP contribution in [-0.4, -0.2) is 44.4 Å². The van der Waals surface area contributed by atoms with E-state index in [2.05, 4.69) is 10.6 Å². The van der Waals surface area contributed by atoms with Crippen LogP contribution < -0.4 is 20.1 Å². The molecule has 0 aliphatic carbocycles. The molecule has 180 valence electrons. The van der Waals surface area contributed by atoms with Gasteiger partial charge in [0.15, 0.2) is 11.5 Å². The molecule has 2 amide bonds. The molecule has 5 rings (SSSR count). The van der Waals surface area contributed by atoms with Crippen molar-refractivity contribution in [3.63, 3.8) is 0 Å². The van der Waals surface area contributed by atoms with Gasteiger partial charge in [-0.2, -0.15) is 4.31 Å². The Bertz CT molecular complexity index is 1230. The minimum absolute atomic E-state index is 0.0556. The summed E-state index contributed by atoms with van der Waals surface area (Å²) in [5.74, 6) is 0.699. The van der Waals surface area contributed by atoms with Crippen LogP contribution in [0.1, 0.15) is 36.8 Å². The van der Waals surface area contributed by atoms with Crippen LogP contribution in [0.15, 0.2) is 41.3 Å². The molecule has 0 radical (unpaired) electrons. The monoisotopic (exact) mass is 485 g/mol. The highest BCUT2D eigenvalue weighted by Gasteiger charge is 2.33. The number of ether oxygens (including phenoxy) is 2. The van der Waals surface area contributed by atoms with E-state index in [1.807, 2.05) is 18.2 Å². The number of aryl methyl sites for hydroxylation is 1. The number of carbonyl (C=O) groups is 2. The molecule has 2 aromatic carbocycles. The topological polar surface area (TPSA) is 114 Å². The van der Waals surface area contributed by atoms with E-state index in [0.29, 0.717) is 62.4 Å². The molecule has 2 aromatic rings. The highest BCUT2D eigenvalue weighted by molar-refractivity contribution is 7.89. The average Bonchev–Trinajstić information content (AvgIpc) is 3.23. The third kappa shape index (κ3) is 4.60. The van der Waals surface area contributed by atoms with Crippen molar-refractivity contribution in [1.82, 2.24) is 9.62 Å². The maximum atomic E-state index is 13.4. The lowest BCUT2D eigenvalue weighted by Gasteiger charge is -2.31. The third-order valence-corrected chi connectivity index (χ3v) is 8.36. The van der Waals surface area contributed by atoms with Gasteiger partial charge in [0, 0.05) is 31.7 Å². The van der Waals surface area contributed by atoms with Gasteiger partial charge < -0.3 is 20.1 Å². The number of hydrogen-bond acceptors (Lipinski definition) is 6. The fourth-order valence-corrected chi connectivity index (χ4v) is 6.19. The Hall–Kier alpha value is -3.11. The predicted molar refractivity (Wildman–Crippen MR) is 124 cm³/mol. The van der Waals surface area contributed by atoms with Crippen LogP contribution in [0, 0.1) is 5.92 Å². The largest absolute Gasteiger partial charge is 0.454 e. The second-order valence-electron chi connectivity index (χ2n) is 8.83. The van der Waals surface area contributed by atoms with Gasteiger partial charge in [-0.05, 0) is 67.1 Å². The molecule has 1 atom stereocenters. The van der Waals surface area contributed by atoms with Gasteiger partial charge in [0.1, 0.15) is 0 Å². The second-order valence-corrected chi connectivity index (χ2v) is 10.8.